The largest absolute Gasteiger partial charge is 0.464 e. The van der Waals surface area contributed by atoms with Gasteiger partial charge in [0.05, 0.1) is 23.0 Å². The molecule has 174 valence electrons. The molecule has 0 radical (unpaired) electrons. The lowest BCUT2D eigenvalue weighted by atomic mass is 9.75. The van der Waals surface area contributed by atoms with Crippen molar-refractivity contribution in [1.82, 2.24) is 0 Å². The molecule has 0 aromatic heterocycles. The second kappa shape index (κ2) is 11.0. The summed E-state index contributed by atoms with van der Waals surface area (Å²) in [6, 6.07) is 16.7. The molecule has 3 rings (SSSR count). The molecule has 1 heterocycles. The van der Waals surface area contributed by atoms with Crippen LogP contribution < -0.4 is 0 Å². The van der Waals surface area contributed by atoms with E-state index in [1.54, 1.807) is 13.8 Å². The van der Waals surface area contributed by atoms with Crippen LogP contribution in [0.1, 0.15) is 37.3 Å². The van der Waals surface area contributed by atoms with Crippen molar-refractivity contribution in [2.24, 2.45) is 10.9 Å². The Bertz CT molecular complexity index is 1180. The van der Waals surface area contributed by atoms with Crippen LogP contribution in [0.4, 0.5) is 5.69 Å². The molecule has 2 aromatic rings. The van der Waals surface area contributed by atoms with E-state index in [2.05, 4.69) is 4.99 Å². The average Bonchev–Trinajstić information content (AvgIpc) is 2.83. The Morgan fingerprint density at radius 1 is 1.09 bits per heavy atom. The van der Waals surface area contributed by atoms with E-state index in [1.165, 1.54) is 24.3 Å². The number of carbonyl (C=O) groups is 2. The van der Waals surface area contributed by atoms with Crippen molar-refractivity contribution in [3.8, 4) is 6.07 Å². The molecule has 2 aromatic carbocycles. The van der Waals surface area contributed by atoms with Gasteiger partial charge in [-0.15, -0.1) is 0 Å². The Balaban J connectivity index is 1.99. The minimum atomic E-state index is -0.955. The summed E-state index contributed by atoms with van der Waals surface area (Å²) in [4.78, 5) is 41.2. The molecule has 0 saturated heterocycles. The first-order valence-corrected chi connectivity index (χ1v) is 10.6. The highest BCUT2D eigenvalue weighted by atomic mass is 16.6. The van der Waals surface area contributed by atoms with Gasteiger partial charge in [-0.05, 0) is 25.0 Å². The number of hydrogen-bond acceptors (Lipinski definition) is 8. The number of nitriles is 1. The number of ether oxygens (including phenoxy) is 2. The van der Waals surface area contributed by atoms with Crippen LogP contribution in [0.3, 0.4) is 0 Å². The van der Waals surface area contributed by atoms with E-state index < -0.39 is 28.7 Å². The van der Waals surface area contributed by atoms with Crippen LogP contribution in [0.5, 0.6) is 0 Å². The molecule has 0 spiro atoms. The van der Waals surface area contributed by atoms with Gasteiger partial charge in [0.1, 0.15) is 19.1 Å². The first-order valence-electron chi connectivity index (χ1n) is 10.6. The van der Waals surface area contributed by atoms with Gasteiger partial charge in [0.25, 0.3) is 5.69 Å². The molecule has 0 bridgehead atoms. The Labute approximate surface area is 196 Å². The van der Waals surface area contributed by atoms with Gasteiger partial charge >= 0.3 is 11.9 Å². The number of non-ortho nitro benzene ring substituents is 1. The smallest absolute Gasteiger partial charge is 0.336 e. The monoisotopic (exact) mass is 461 g/mol. The Morgan fingerprint density at radius 2 is 1.76 bits per heavy atom. The SMILES string of the molecule is CC1=NC(C)=C(C(=O)OCc2ccccc2)C(c2ccc([N+](=O)[O-])cc2)C1C(=O)OCCC#N. The zero-order valence-corrected chi connectivity index (χ0v) is 18.8. The molecule has 34 heavy (non-hydrogen) atoms. The van der Waals surface area contributed by atoms with Crippen LogP contribution in [0.15, 0.2) is 70.9 Å². The van der Waals surface area contributed by atoms with E-state index in [-0.39, 0.29) is 30.9 Å². The number of benzene rings is 2. The lowest BCUT2D eigenvalue weighted by Crippen LogP contribution is -2.36. The molecule has 1 aliphatic rings. The number of aliphatic imine (C=N–C) groups is 1. The summed E-state index contributed by atoms with van der Waals surface area (Å²) in [5.74, 6) is -3.06. The third kappa shape index (κ3) is 5.53. The lowest BCUT2D eigenvalue weighted by Gasteiger charge is -2.31. The first-order chi connectivity index (χ1) is 16.3. The second-order valence-electron chi connectivity index (χ2n) is 7.69. The van der Waals surface area contributed by atoms with E-state index in [0.29, 0.717) is 17.0 Å². The van der Waals surface area contributed by atoms with Crippen LogP contribution in [0, 0.1) is 27.4 Å². The molecule has 2 unspecified atom stereocenters. The minimum Gasteiger partial charge on any atom is -0.464 e. The molecular weight excluding hydrogens is 438 g/mol. The van der Waals surface area contributed by atoms with Gasteiger partial charge in [-0.1, -0.05) is 42.5 Å². The van der Waals surface area contributed by atoms with Crippen LogP contribution >= 0.6 is 0 Å². The van der Waals surface area contributed by atoms with Crippen LogP contribution in [-0.4, -0.2) is 29.2 Å². The third-order valence-corrected chi connectivity index (χ3v) is 5.44. The Hall–Kier alpha value is -4.32. The number of nitro benzene ring substituents is 1. The van der Waals surface area contributed by atoms with Crippen molar-refractivity contribution in [2.45, 2.75) is 32.8 Å². The molecule has 0 fully saturated rings. The highest BCUT2D eigenvalue weighted by Crippen LogP contribution is 2.40. The maximum absolute atomic E-state index is 13.2. The highest BCUT2D eigenvalue weighted by molar-refractivity contribution is 6.07. The fourth-order valence-electron chi connectivity index (χ4n) is 3.86. The topological polar surface area (TPSA) is 132 Å². The van der Waals surface area contributed by atoms with E-state index in [4.69, 9.17) is 14.7 Å². The summed E-state index contributed by atoms with van der Waals surface area (Å²) < 4.78 is 10.8. The summed E-state index contributed by atoms with van der Waals surface area (Å²) >= 11 is 0. The van der Waals surface area contributed by atoms with E-state index >= 15 is 0 Å². The van der Waals surface area contributed by atoms with Gasteiger partial charge in [-0.3, -0.25) is 19.9 Å². The van der Waals surface area contributed by atoms with E-state index in [9.17, 15) is 19.7 Å². The summed E-state index contributed by atoms with van der Waals surface area (Å²) in [6.45, 7) is 3.24. The predicted molar refractivity (Wildman–Crippen MR) is 123 cm³/mol. The van der Waals surface area contributed by atoms with Crippen molar-refractivity contribution in [3.05, 3.63) is 87.1 Å². The summed E-state index contributed by atoms with van der Waals surface area (Å²) in [6.07, 6.45) is 0.0255. The first kappa shape index (κ1) is 24.3. The number of allylic oxidation sites excluding steroid dienone is 1. The van der Waals surface area contributed by atoms with Gasteiger partial charge in [0.15, 0.2) is 0 Å². The van der Waals surface area contributed by atoms with Crippen molar-refractivity contribution >= 4 is 23.3 Å². The van der Waals surface area contributed by atoms with Crippen LogP contribution in [0.25, 0.3) is 0 Å². The quantitative estimate of drug-likeness (QED) is 0.248. The second-order valence-corrected chi connectivity index (χ2v) is 7.69. The summed E-state index contributed by atoms with van der Waals surface area (Å²) in [7, 11) is 0. The van der Waals surface area contributed by atoms with Crippen molar-refractivity contribution in [2.75, 3.05) is 6.61 Å². The van der Waals surface area contributed by atoms with Gasteiger partial charge in [0, 0.05) is 29.5 Å². The third-order valence-electron chi connectivity index (χ3n) is 5.44. The van der Waals surface area contributed by atoms with E-state index in [1.807, 2.05) is 36.4 Å². The van der Waals surface area contributed by atoms with E-state index in [0.717, 1.165) is 5.56 Å². The van der Waals surface area contributed by atoms with Gasteiger partial charge in [0.2, 0.25) is 0 Å². The minimum absolute atomic E-state index is 0.0255. The summed E-state index contributed by atoms with van der Waals surface area (Å²) in [5, 5.41) is 19.9. The van der Waals surface area contributed by atoms with Crippen molar-refractivity contribution in [3.63, 3.8) is 0 Å². The Morgan fingerprint density at radius 3 is 2.38 bits per heavy atom. The zero-order valence-electron chi connectivity index (χ0n) is 18.8. The standard InChI is InChI=1S/C25H23N3O6/c1-16-21(24(29)33-14-6-13-26)23(19-9-11-20(12-10-19)28(31)32)22(17(2)27-16)25(30)34-15-18-7-4-3-5-8-18/h3-5,7-12,21,23H,6,14-15H2,1-2H3. The molecule has 9 heteroatoms. The van der Waals surface area contributed by atoms with Crippen LogP contribution in [-0.2, 0) is 25.7 Å². The number of hydrogen-bond donors (Lipinski definition) is 0. The predicted octanol–water partition coefficient (Wildman–Crippen LogP) is 4.24. The Kier molecular flexibility index (Phi) is 7.88. The molecule has 0 amide bonds. The van der Waals surface area contributed by atoms with Gasteiger partial charge in [-0.2, -0.15) is 5.26 Å². The number of rotatable bonds is 8. The number of carbonyl (C=O) groups excluding carboxylic acids is 2. The maximum atomic E-state index is 13.2. The van der Waals surface area contributed by atoms with Crippen molar-refractivity contribution in [1.29, 1.82) is 5.26 Å². The zero-order chi connectivity index (χ0) is 24.7. The number of nitrogens with zero attached hydrogens (tertiary/aromatic N) is 3. The molecule has 0 aliphatic carbocycles. The van der Waals surface area contributed by atoms with Gasteiger partial charge in [-0.25, -0.2) is 4.79 Å². The average molecular weight is 461 g/mol. The molecule has 9 nitrogen and oxygen atoms in total. The highest BCUT2D eigenvalue weighted by Gasteiger charge is 2.42. The maximum Gasteiger partial charge on any atom is 0.336 e. The molecular formula is C25H23N3O6. The normalized spacial score (nSPS) is 17.4. The lowest BCUT2D eigenvalue weighted by molar-refractivity contribution is -0.384. The molecule has 0 N–H and O–H groups in total. The van der Waals surface area contributed by atoms with Gasteiger partial charge < -0.3 is 9.47 Å². The number of nitro groups is 1. The molecule has 2 atom stereocenters. The van der Waals surface area contributed by atoms with Crippen molar-refractivity contribution < 1.29 is 24.0 Å². The fraction of sp³-hybridized carbons (Fsp3) is 0.280. The molecule has 1 aliphatic heterocycles. The van der Waals surface area contributed by atoms with Crippen LogP contribution in [0.2, 0.25) is 0 Å². The summed E-state index contributed by atoms with van der Waals surface area (Å²) in [5.41, 5.74) is 2.18. The fourth-order valence-corrected chi connectivity index (χ4v) is 3.86. The molecule has 0 saturated carbocycles. The number of esters is 2.